The first kappa shape index (κ1) is 14.5. The molecule has 5 heteroatoms. The van der Waals surface area contributed by atoms with E-state index in [2.05, 4.69) is 6.58 Å². The molecule has 0 aromatic heterocycles. The second kappa shape index (κ2) is 7.75. The minimum atomic E-state index is -2.80. The molecular formula is C10H20O4Si. The third kappa shape index (κ3) is 5.22. The topological polar surface area (TPSA) is 44.8 Å². The lowest BCUT2D eigenvalue weighted by Crippen LogP contribution is -2.47. The summed E-state index contributed by atoms with van der Waals surface area (Å²) < 4.78 is 16.5. The van der Waals surface area contributed by atoms with E-state index in [1.54, 1.807) is 0 Å². The second-order valence-electron chi connectivity index (χ2n) is 2.83. The number of hydrogen-bond donors (Lipinski definition) is 0. The van der Waals surface area contributed by atoms with Gasteiger partial charge in [0.25, 0.3) is 0 Å². The van der Waals surface area contributed by atoms with Gasteiger partial charge in [0.1, 0.15) is 0 Å². The summed E-state index contributed by atoms with van der Waals surface area (Å²) in [4.78, 5) is 11.3. The average Bonchev–Trinajstić information content (AvgIpc) is 2.18. The number of ketones is 1. The van der Waals surface area contributed by atoms with Gasteiger partial charge in [0.2, 0.25) is 0 Å². The molecule has 0 atom stereocenters. The van der Waals surface area contributed by atoms with Gasteiger partial charge in [-0.2, -0.15) is 0 Å². The van der Waals surface area contributed by atoms with Crippen LogP contribution in [0.15, 0.2) is 12.7 Å². The number of hydrogen-bond acceptors (Lipinski definition) is 4. The van der Waals surface area contributed by atoms with Gasteiger partial charge in [-0.3, -0.25) is 4.79 Å². The lowest BCUT2D eigenvalue weighted by Gasteiger charge is -2.27. The van der Waals surface area contributed by atoms with Crippen molar-refractivity contribution in [2.75, 3.05) is 19.8 Å². The lowest BCUT2D eigenvalue weighted by atomic mass is 10.5. The molecule has 4 nitrogen and oxygen atoms in total. The third-order valence-electron chi connectivity index (χ3n) is 1.71. The van der Waals surface area contributed by atoms with Crippen LogP contribution in [0.1, 0.15) is 20.8 Å². The zero-order valence-electron chi connectivity index (χ0n) is 9.75. The van der Waals surface area contributed by atoms with E-state index in [0.717, 1.165) is 0 Å². The molecule has 0 unspecified atom stereocenters. The van der Waals surface area contributed by atoms with Gasteiger partial charge in [-0.05, 0) is 26.8 Å². The normalized spacial score (nSPS) is 11.4. The zero-order valence-corrected chi connectivity index (χ0v) is 10.7. The Kier molecular flexibility index (Phi) is 7.50. The predicted octanol–water partition coefficient (Wildman–Crippen LogP) is 1.79. The molecule has 0 aliphatic carbocycles. The number of carbonyl (C=O) groups excluding carboxylic acids is 1. The molecular weight excluding hydrogens is 212 g/mol. The van der Waals surface area contributed by atoms with Crippen LogP contribution >= 0.6 is 0 Å². The maximum atomic E-state index is 11.3. The first-order chi connectivity index (χ1) is 7.14. The van der Waals surface area contributed by atoms with Crippen molar-refractivity contribution < 1.29 is 18.1 Å². The Hall–Kier alpha value is -0.493. The molecule has 0 aliphatic heterocycles. The van der Waals surface area contributed by atoms with Crippen LogP contribution in [0, 0.1) is 0 Å². The van der Waals surface area contributed by atoms with Crippen molar-refractivity contribution in [2.45, 2.75) is 26.8 Å². The monoisotopic (exact) mass is 232 g/mol. The molecule has 0 aromatic carbocycles. The van der Waals surface area contributed by atoms with Crippen molar-refractivity contribution in [1.29, 1.82) is 0 Å². The molecule has 0 aromatic rings. The molecule has 88 valence electrons. The van der Waals surface area contributed by atoms with E-state index in [9.17, 15) is 4.79 Å². The Labute approximate surface area is 92.6 Å². The minimum absolute atomic E-state index is 0.1000. The Bertz CT molecular complexity index is 189. The van der Waals surface area contributed by atoms with Crippen LogP contribution in [0.3, 0.4) is 0 Å². The molecule has 0 saturated carbocycles. The van der Waals surface area contributed by atoms with Crippen molar-refractivity contribution in [3.63, 3.8) is 0 Å². The minimum Gasteiger partial charge on any atom is -0.373 e. The number of rotatable bonds is 9. The Morgan fingerprint density at radius 2 is 1.53 bits per heavy atom. The van der Waals surface area contributed by atoms with E-state index < -0.39 is 8.80 Å². The molecule has 0 fully saturated rings. The van der Waals surface area contributed by atoms with Gasteiger partial charge in [-0.15, -0.1) is 0 Å². The summed E-state index contributed by atoms with van der Waals surface area (Å²) in [5.74, 6) is -0.1000. The summed E-state index contributed by atoms with van der Waals surface area (Å²) in [5.41, 5.74) is 0. The van der Waals surface area contributed by atoms with Crippen LogP contribution in [0.5, 0.6) is 0 Å². The van der Waals surface area contributed by atoms with Crippen molar-refractivity contribution in [3.05, 3.63) is 12.7 Å². The maximum Gasteiger partial charge on any atom is 0.508 e. The summed E-state index contributed by atoms with van der Waals surface area (Å²) in [7, 11) is -2.80. The van der Waals surface area contributed by atoms with Crippen LogP contribution in [0.4, 0.5) is 0 Å². The first-order valence-electron chi connectivity index (χ1n) is 5.21. The smallest absolute Gasteiger partial charge is 0.373 e. The first-order valence-corrected chi connectivity index (χ1v) is 7.14. The van der Waals surface area contributed by atoms with Crippen LogP contribution in [-0.4, -0.2) is 34.4 Å². The van der Waals surface area contributed by atoms with Crippen LogP contribution < -0.4 is 0 Å². The van der Waals surface area contributed by atoms with Gasteiger partial charge >= 0.3 is 8.80 Å². The summed E-state index contributed by atoms with van der Waals surface area (Å²) in [6.45, 7) is 10.5. The molecule has 0 heterocycles. The van der Waals surface area contributed by atoms with Crippen molar-refractivity contribution >= 4 is 14.6 Å². The molecule has 0 saturated heterocycles. The van der Waals surface area contributed by atoms with Crippen LogP contribution in [0.25, 0.3) is 0 Å². The Balaban J connectivity index is 4.58. The van der Waals surface area contributed by atoms with Crippen molar-refractivity contribution in [3.8, 4) is 0 Å². The fourth-order valence-electron chi connectivity index (χ4n) is 1.22. The predicted molar refractivity (Wildman–Crippen MR) is 60.6 cm³/mol. The second-order valence-corrected chi connectivity index (χ2v) is 5.41. The molecule has 15 heavy (non-hydrogen) atoms. The van der Waals surface area contributed by atoms with E-state index in [-0.39, 0.29) is 11.8 Å². The number of carbonyl (C=O) groups is 1. The molecule has 0 amide bonds. The van der Waals surface area contributed by atoms with E-state index >= 15 is 0 Å². The Morgan fingerprint density at radius 3 is 1.80 bits per heavy atom. The molecule has 0 N–H and O–H groups in total. The highest BCUT2D eigenvalue weighted by atomic mass is 28.4. The summed E-state index contributed by atoms with van der Waals surface area (Å²) in [6.07, 6.45) is 1.28. The summed E-state index contributed by atoms with van der Waals surface area (Å²) in [5, 5.41) is 0. The standard InChI is InChI=1S/C10H20O4Si/c1-5-10(11)9-15(12-6-2,13-7-3)14-8-4/h5H,1,6-9H2,2-4H3. The highest BCUT2D eigenvalue weighted by Gasteiger charge is 2.42. The van der Waals surface area contributed by atoms with E-state index in [4.69, 9.17) is 13.3 Å². The molecule has 0 bridgehead atoms. The van der Waals surface area contributed by atoms with E-state index in [0.29, 0.717) is 19.8 Å². The highest BCUT2D eigenvalue weighted by molar-refractivity contribution is 6.64. The van der Waals surface area contributed by atoms with Crippen molar-refractivity contribution in [2.24, 2.45) is 0 Å². The SMILES string of the molecule is C=CC(=O)C[Si](OCC)(OCC)OCC. The third-order valence-corrected chi connectivity index (χ3v) is 4.68. The van der Waals surface area contributed by atoms with Gasteiger partial charge in [-0.1, -0.05) is 6.58 Å². The highest BCUT2D eigenvalue weighted by Crippen LogP contribution is 2.16. The van der Waals surface area contributed by atoms with Gasteiger partial charge in [-0.25, -0.2) is 0 Å². The Morgan fingerprint density at radius 1 is 1.13 bits per heavy atom. The van der Waals surface area contributed by atoms with Gasteiger partial charge in [0.05, 0.1) is 6.04 Å². The van der Waals surface area contributed by atoms with Gasteiger partial charge in [0.15, 0.2) is 5.78 Å². The van der Waals surface area contributed by atoms with Crippen LogP contribution in [0.2, 0.25) is 6.04 Å². The maximum absolute atomic E-state index is 11.3. The largest absolute Gasteiger partial charge is 0.508 e. The number of allylic oxidation sites excluding steroid dienone is 1. The van der Waals surface area contributed by atoms with E-state index in [1.165, 1.54) is 6.08 Å². The van der Waals surface area contributed by atoms with E-state index in [1.807, 2.05) is 20.8 Å². The molecule has 0 rings (SSSR count). The summed E-state index contributed by atoms with van der Waals surface area (Å²) in [6, 6.07) is 0.173. The van der Waals surface area contributed by atoms with Crippen LogP contribution in [-0.2, 0) is 18.1 Å². The quantitative estimate of drug-likeness (QED) is 0.449. The van der Waals surface area contributed by atoms with Crippen molar-refractivity contribution in [1.82, 2.24) is 0 Å². The molecule has 0 aliphatic rings. The molecule has 0 radical (unpaired) electrons. The lowest BCUT2D eigenvalue weighted by molar-refractivity contribution is -0.113. The zero-order chi connectivity index (χ0) is 11.7. The summed E-state index contributed by atoms with van der Waals surface area (Å²) >= 11 is 0. The molecule has 0 spiro atoms. The van der Waals surface area contributed by atoms with Gasteiger partial charge in [0, 0.05) is 19.8 Å². The average molecular weight is 232 g/mol. The fraction of sp³-hybridized carbons (Fsp3) is 0.700. The van der Waals surface area contributed by atoms with Gasteiger partial charge < -0.3 is 13.3 Å². The fourth-order valence-corrected chi connectivity index (χ4v) is 3.67.